The first-order chi connectivity index (χ1) is 12.3. The van der Waals surface area contributed by atoms with E-state index in [1.807, 2.05) is 19.9 Å². The van der Waals surface area contributed by atoms with Crippen LogP contribution in [0.15, 0.2) is 18.2 Å². The number of hydrogen-bond donors (Lipinski definition) is 1. The van der Waals surface area contributed by atoms with Gasteiger partial charge < -0.3 is 24.1 Å². The Bertz CT molecular complexity index is 768. The molecule has 1 heterocycles. The highest BCUT2D eigenvalue weighted by Gasteiger charge is 2.18. The zero-order valence-electron chi connectivity index (χ0n) is 16.6. The highest BCUT2D eigenvalue weighted by atomic mass is 16.5. The lowest BCUT2D eigenvalue weighted by atomic mass is 10.1. The van der Waals surface area contributed by atoms with E-state index in [4.69, 9.17) is 14.2 Å². The predicted molar refractivity (Wildman–Crippen MR) is 103 cm³/mol. The number of ether oxygens (including phenoxy) is 3. The molecule has 2 aromatic rings. The van der Waals surface area contributed by atoms with Crippen LogP contribution in [0.5, 0.6) is 17.2 Å². The normalized spacial score (nSPS) is 10.8. The van der Waals surface area contributed by atoms with Gasteiger partial charge in [0.2, 0.25) is 5.75 Å². The monoisotopic (exact) mass is 360 g/mol. The molecule has 1 aromatic carbocycles. The van der Waals surface area contributed by atoms with Gasteiger partial charge in [0.15, 0.2) is 17.3 Å². The van der Waals surface area contributed by atoms with Gasteiger partial charge in [0.1, 0.15) is 0 Å². The van der Waals surface area contributed by atoms with E-state index in [1.165, 1.54) is 0 Å². The van der Waals surface area contributed by atoms with Gasteiger partial charge in [0.25, 0.3) is 0 Å². The molecule has 1 N–H and O–H groups in total. The van der Waals surface area contributed by atoms with Gasteiger partial charge in [-0.2, -0.15) is 0 Å². The number of aryl methyl sites for hydroxylation is 1. The zero-order valence-corrected chi connectivity index (χ0v) is 16.6. The average molecular weight is 360 g/mol. The van der Waals surface area contributed by atoms with Crippen molar-refractivity contribution in [2.75, 3.05) is 33.2 Å². The SMILES string of the molecule is COc1cc(NCC(=O)c2cc(C)n(C(C)C)c2C)cc(OC)c1OC. The van der Waals surface area contributed by atoms with E-state index in [2.05, 4.69) is 23.7 Å². The Labute approximate surface area is 155 Å². The smallest absolute Gasteiger partial charge is 0.203 e. The van der Waals surface area contributed by atoms with Crippen LogP contribution in [-0.4, -0.2) is 38.2 Å². The summed E-state index contributed by atoms with van der Waals surface area (Å²) in [6, 6.07) is 5.84. The second-order valence-corrected chi connectivity index (χ2v) is 6.44. The number of nitrogens with one attached hydrogen (secondary N) is 1. The maximum absolute atomic E-state index is 12.7. The number of carbonyl (C=O) groups excluding carboxylic acids is 1. The fraction of sp³-hybridized carbons (Fsp3) is 0.450. The Morgan fingerprint density at radius 2 is 1.62 bits per heavy atom. The Morgan fingerprint density at radius 1 is 1.04 bits per heavy atom. The summed E-state index contributed by atoms with van der Waals surface area (Å²) < 4.78 is 18.2. The molecule has 6 heteroatoms. The molecule has 0 radical (unpaired) electrons. The summed E-state index contributed by atoms with van der Waals surface area (Å²) in [6.45, 7) is 8.42. The van der Waals surface area contributed by atoms with E-state index >= 15 is 0 Å². The number of hydrogen-bond acceptors (Lipinski definition) is 5. The van der Waals surface area contributed by atoms with Gasteiger partial charge in [0, 0.05) is 40.8 Å². The lowest BCUT2D eigenvalue weighted by Crippen LogP contribution is -2.15. The van der Waals surface area contributed by atoms with E-state index in [-0.39, 0.29) is 12.3 Å². The fourth-order valence-electron chi connectivity index (χ4n) is 3.31. The molecule has 0 aliphatic rings. The van der Waals surface area contributed by atoms with Gasteiger partial charge in [-0.3, -0.25) is 4.79 Å². The van der Waals surface area contributed by atoms with Crippen molar-refractivity contribution in [2.45, 2.75) is 33.7 Å². The minimum Gasteiger partial charge on any atom is -0.493 e. The third-order valence-corrected chi connectivity index (χ3v) is 4.42. The predicted octanol–water partition coefficient (Wildman–Crippen LogP) is 4.01. The van der Waals surface area contributed by atoms with Crippen LogP contribution in [0.25, 0.3) is 0 Å². The molecule has 0 fully saturated rings. The summed E-state index contributed by atoms with van der Waals surface area (Å²) >= 11 is 0. The van der Waals surface area contributed by atoms with Crippen molar-refractivity contribution in [1.29, 1.82) is 0 Å². The number of anilines is 1. The molecule has 142 valence electrons. The summed E-state index contributed by atoms with van der Waals surface area (Å²) in [5, 5.41) is 3.15. The summed E-state index contributed by atoms with van der Waals surface area (Å²) in [5.41, 5.74) is 3.56. The van der Waals surface area contributed by atoms with Gasteiger partial charge >= 0.3 is 0 Å². The number of aromatic nitrogens is 1. The van der Waals surface area contributed by atoms with Gasteiger partial charge in [-0.25, -0.2) is 0 Å². The lowest BCUT2D eigenvalue weighted by Gasteiger charge is -2.15. The fourth-order valence-corrected chi connectivity index (χ4v) is 3.31. The van der Waals surface area contributed by atoms with E-state index in [9.17, 15) is 4.79 Å². The number of rotatable bonds is 8. The van der Waals surface area contributed by atoms with Crippen LogP contribution in [0.1, 0.15) is 41.6 Å². The Hall–Kier alpha value is -2.63. The second kappa shape index (κ2) is 8.17. The molecular weight excluding hydrogens is 332 g/mol. The third kappa shape index (κ3) is 3.79. The Morgan fingerprint density at radius 3 is 2.04 bits per heavy atom. The van der Waals surface area contributed by atoms with Gasteiger partial charge in [-0.1, -0.05) is 0 Å². The van der Waals surface area contributed by atoms with Crippen molar-refractivity contribution in [2.24, 2.45) is 0 Å². The quantitative estimate of drug-likeness (QED) is 0.721. The van der Waals surface area contributed by atoms with Crippen LogP contribution in [-0.2, 0) is 0 Å². The maximum Gasteiger partial charge on any atom is 0.203 e. The molecule has 6 nitrogen and oxygen atoms in total. The summed E-state index contributed by atoms with van der Waals surface area (Å²) in [4.78, 5) is 12.7. The van der Waals surface area contributed by atoms with E-state index in [0.29, 0.717) is 23.3 Å². The molecule has 0 aliphatic heterocycles. The molecule has 0 saturated carbocycles. The zero-order chi connectivity index (χ0) is 19.4. The first-order valence-corrected chi connectivity index (χ1v) is 8.59. The highest BCUT2D eigenvalue weighted by Crippen LogP contribution is 2.39. The number of nitrogens with zero attached hydrogens (tertiary/aromatic N) is 1. The first-order valence-electron chi connectivity index (χ1n) is 8.59. The van der Waals surface area contributed by atoms with Gasteiger partial charge in [-0.15, -0.1) is 0 Å². The third-order valence-electron chi connectivity index (χ3n) is 4.42. The molecule has 0 spiro atoms. The lowest BCUT2D eigenvalue weighted by molar-refractivity contribution is 0.101. The maximum atomic E-state index is 12.7. The minimum absolute atomic E-state index is 0.0405. The standard InChI is InChI=1S/C20H28N2O4/c1-12(2)22-13(3)8-16(14(22)4)17(23)11-21-15-9-18(24-5)20(26-7)19(10-15)25-6/h8-10,12,21H,11H2,1-7H3. The Kier molecular flexibility index (Phi) is 6.18. The van der Waals surface area contributed by atoms with Gasteiger partial charge in [0.05, 0.1) is 27.9 Å². The molecule has 0 unspecified atom stereocenters. The largest absolute Gasteiger partial charge is 0.493 e. The van der Waals surface area contributed by atoms with Crippen LogP contribution in [0.2, 0.25) is 0 Å². The first kappa shape index (κ1) is 19.7. The topological polar surface area (TPSA) is 61.7 Å². The van der Waals surface area contributed by atoms with Crippen LogP contribution in [0.4, 0.5) is 5.69 Å². The van der Waals surface area contributed by atoms with E-state index in [0.717, 1.165) is 22.6 Å². The van der Waals surface area contributed by atoms with Crippen molar-refractivity contribution in [3.63, 3.8) is 0 Å². The summed E-state index contributed by atoms with van der Waals surface area (Å²) in [6.07, 6.45) is 0. The molecule has 0 amide bonds. The number of ketones is 1. The minimum atomic E-state index is 0.0405. The van der Waals surface area contributed by atoms with Crippen LogP contribution in [0, 0.1) is 13.8 Å². The summed E-state index contributed by atoms with van der Waals surface area (Å²) in [5.74, 6) is 1.64. The number of methoxy groups -OCH3 is 3. The van der Waals surface area contributed by atoms with Crippen molar-refractivity contribution in [1.82, 2.24) is 4.57 Å². The van der Waals surface area contributed by atoms with E-state index < -0.39 is 0 Å². The second-order valence-electron chi connectivity index (χ2n) is 6.44. The van der Waals surface area contributed by atoms with Crippen molar-refractivity contribution in [3.05, 3.63) is 35.2 Å². The van der Waals surface area contributed by atoms with Gasteiger partial charge in [-0.05, 0) is 33.8 Å². The van der Waals surface area contributed by atoms with Crippen molar-refractivity contribution < 1.29 is 19.0 Å². The molecule has 1 aromatic heterocycles. The van der Waals surface area contributed by atoms with Crippen LogP contribution in [0.3, 0.4) is 0 Å². The highest BCUT2D eigenvalue weighted by molar-refractivity contribution is 6.00. The average Bonchev–Trinajstić information content (AvgIpc) is 2.92. The molecule has 2 rings (SSSR count). The molecule has 26 heavy (non-hydrogen) atoms. The number of Topliss-reactive ketones (excluding diaryl/α,β-unsaturated/α-hetero) is 1. The summed E-state index contributed by atoms with van der Waals surface area (Å²) in [7, 11) is 4.68. The van der Waals surface area contributed by atoms with Crippen LogP contribution < -0.4 is 19.5 Å². The Balaban J connectivity index is 2.21. The number of carbonyl (C=O) groups is 1. The van der Waals surface area contributed by atoms with Crippen LogP contribution >= 0.6 is 0 Å². The molecule has 0 saturated heterocycles. The molecular formula is C20H28N2O4. The molecule has 0 bridgehead atoms. The van der Waals surface area contributed by atoms with E-state index in [1.54, 1.807) is 33.5 Å². The number of benzene rings is 1. The molecule has 0 aliphatic carbocycles. The van der Waals surface area contributed by atoms with Crippen molar-refractivity contribution in [3.8, 4) is 17.2 Å². The van der Waals surface area contributed by atoms with Crippen molar-refractivity contribution >= 4 is 11.5 Å². The molecule has 0 atom stereocenters.